The van der Waals surface area contributed by atoms with Gasteiger partial charge < -0.3 is 10.8 Å². The number of pyridine rings is 2. The maximum atomic E-state index is 9.45. The minimum absolute atomic E-state index is 0.0770. The van der Waals surface area contributed by atoms with Crippen molar-refractivity contribution in [3.05, 3.63) is 83.3 Å². The predicted octanol–water partition coefficient (Wildman–Crippen LogP) is 4.36. The van der Waals surface area contributed by atoms with Gasteiger partial charge in [-0.1, -0.05) is 24.8 Å². The van der Waals surface area contributed by atoms with E-state index in [1.165, 1.54) is 5.56 Å². The smallest absolute Gasteiger partial charge is 0.0136 e. The van der Waals surface area contributed by atoms with Crippen molar-refractivity contribution in [3.8, 4) is 5.75 Å². The van der Waals surface area contributed by atoms with Crippen LogP contribution in [0.3, 0.4) is 0 Å². The van der Waals surface area contributed by atoms with Crippen LogP contribution in [0.2, 0.25) is 0 Å². The van der Waals surface area contributed by atoms with Crippen LogP contribution in [-0.2, 0) is 33.5 Å². The Bertz CT molecular complexity index is 1580. The normalized spacial score (nSPS) is 12.2. The third kappa shape index (κ3) is 11.2. The molecule has 244 valence electrons. The van der Waals surface area contributed by atoms with Crippen LogP contribution in [0.5, 0.6) is 5.75 Å². The van der Waals surface area contributed by atoms with E-state index in [-0.39, 0.29) is 18.5 Å². The molecule has 45 heavy (non-hydrogen) atoms. The van der Waals surface area contributed by atoms with E-state index in [0.29, 0.717) is 63.8 Å². The third-order valence-corrected chi connectivity index (χ3v) is 8.18. The van der Waals surface area contributed by atoms with Crippen molar-refractivity contribution in [2.75, 3.05) is 58.1 Å². The fraction of sp³-hybridized carbons (Fsp3) is 0.394. The first-order valence-electron chi connectivity index (χ1n) is 15.1. The molecule has 6 N–H and O–H groups in total. The molecule has 0 unspecified atom stereocenters. The van der Waals surface area contributed by atoms with Gasteiger partial charge in [0.05, 0.1) is 11.3 Å². The van der Waals surface area contributed by atoms with Crippen LogP contribution in [0.15, 0.2) is 61.0 Å². The number of nitrogens with zero attached hydrogens (tertiary/aromatic N) is 2. The summed E-state index contributed by atoms with van der Waals surface area (Å²) in [5.41, 5.74) is 12.3. The number of anilines is 1. The molecule has 0 fully saturated rings. The predicted molar refractivity (Wildman–Crippen MR) is 178 cm³/mol. The number of ether oxygens (including phenoxy) is 4. The Kier molecular flexibility index (Phi) is 12.8. The molecule has 0 amide bonds. The summed E-state index contributed by atoms with van der Waals surface area (Å²) >= 11 is 0. The van der Waals surface area contributed by atoms with Crippen molar-refractivity contribution in [2.45, 2.75) is 32.6 Å². The average Bonchev–Trinajstić information content (AvgIpc) is 2.99. The van der Waals surface area contributed by atoms with Gasteiger partial charge in [-0.15, -0.1) is 0 Å². The van der Waals surface area contributed by atoms with Crippen LogP contribution >= 0.6 is 7.94 Å². The Hall–Kier alpha value is -3.41. The minimum atomic E-state index is -4.03. The summed E-state index contributed by atoms with van der Waals surface area (Å²) in [5.74, 6) is 1.36. The summed E-state index contributed by atoms with van der Waals surface area (Å²) in [5, 5.41) is 11.4. The van der Waals surface area contributed by atoms with Crippen LogP contribution in [0.4, 0.5) is 5.82 Å². The van der Waals surface area contributed by atoms with Crippen LogP contribution in [0.1, 0.15) is 28.7 Å². The van der Waals surface area contributed by atoms with Crippen molar-refractivity contribution in [2.24, 2.45) is 0 Å². The first-order chi connectivity index (χ1) is 21.6. The fourth-order valence-electron chi connectivity index (χ4n) is 4.87. The molecule has 0 saturated heterocycles. The monoisotopic (exact) mass is 641 g/mol. The maximum Gasteiger partial charge on any atom is 0.0136 e. The van der Waals surface area contributed by atoms with E-state index in [2.05, 4.69) is 41.7 Å². The first kappa shape index (κ1) is 34.5. The Morgan fingerprint density at radius 3 is 2.22 bits per heavy atom. The van der Waals surface area contributed by atoms with E-state index in [9.17, 15) is 5.11 Å². The summed E-state index contributed by atoms with van der Waals surface area (Å²) in [6.45, 7) is 8.06. The van der Waals surface area contributed by atoms with Crippen LogP contribution in [0.25, 0.3) is 21.8 Å². The van der Waals surface area contributed by atoms with E-state index in [1.807, 2.05) is 30.5 Å². The summed E-state index contributed by atoms with van der Waals surface area (Å²) in [6.07, 6.45) is 4.59. The summed E-state index contributed by atoms with van der Waals surface area (Å²) in [4.78, 5) is 35.9. The number of fused-ring (bicyclic) bond motifs is 3. The van der Waals surface area contributed by atoms with Gasteiger partial charge in [-0.3, -0.25) is 4.98 Å². The molecule has 0 atom stereocenters. The van der Waals surface area contributed by atoms with Gasteiger partial charge in [-0.05, 0) is 72.7 Å². The number of rotatable bonds is 19. The second kappa shape index (κ2) is 16.8. The van der Waals surface area contributed by atoms with E-state index in [4.69, 9.17) is 39.4 Å². The van der Waals surface area contributed by atoms with Crippen molar-refractivity contribution in [1.82, 2.24) is 9.97 Å². The van der Waals surface area contributed by atoms with E-state index >= 15 is 0 Å². The van der Waals surface area contributed by atoms with Crippen molar-refractivity contribution < 1.29 is 38.7 Å². The summed E-state index contributed by atoms with van der Waals surface area (Å²) in [6, 6.07) is 14.4. The molecule has 4 rings (SSSR count). The first-order valence-corrected chi connectivity index (χ1v) is 17.1. The van der Waals surface area contributed by atoms with Gasteiger partial charge in [0.15, 0.2) is 5.82 Å². The molecule has 2 heterocycles. The largest absolute Gasteiger partial charge is 0.0472 e. The van der Waals surface area contributed by atoms with E-state index in [0.717, 1.165) is 51.6 Å². The van der Waals surface area contributed by atoms with Gasteiger partial charge in [0, 0.05) is 23.4 Å². The van der Waals surface area contributed by atoms with Crippen LogP contribution in [0, 0.1) is 6.92 Å². The van der Waals surface area contributed by atoms with Gasteiger partial charge in [0.2, 0.25) is 0 Å². The second-order valence-electron chi connectivity index (χ2n) is 11.0. The molecule has 2 aromatic carbocycles. The summed E-state index contributed by atoms with van der Waals surface area (Å²) in [7, 11) is -4.03. The molecule has 11 nitrogen and oxygen atoms in total. The number of aliphatic hydroxyl groups excluding tert-OH is 1. The molecule has 0 radical (unpaired) electrons. The fourth-order valence-corrected chi connectivity index (χ4v) is 5.28. The zero-order chi connectivity index (χ0) is 32.2. The number of benzene rings is 2. The zero-order valence-electron chi connectivity index (χ0n) is 25.7. The molecule has 2 aromatic heterocycles. The number of nitrogen functional groups attached to an aromatic ring is 1. The van der Waals surface area contributed by atoms with Crippen molar-refractivity contribution in [3.63, 3.8) is 0 Å². The van der Waals surface area contributed by atoms with Gasteiger partial charge in [0.25, 0.3) is 0 Å². The van der Waals surface area contributed by atoms with Gasteiger partial charge >= 0.3 is 94.0 Å². The number of aromatic nitrogens is 2. The Morgan fingerprint density at radius 2 is 1.53 bits per heavy atom. The molecule has 0 bridgehead atoms. The quantitative estimate of drug-likeness (QED) is 0.0427. The number of nitrogens with two attached hydrogens (primary N) is 1. The number of hydrogen-bond acceptors (Lipinski definition) is 11. The maximum absolute atomic E-state index is 9.45. The van der Waals surface area contributed by atoms with Crippen molar-refractivity contribution in [1.29, 1.82) is 0 Å². The molecule has 0 saturated carbocycles. The van der Waals surface area contributed by atoms with Gasteiger partial charge in [0.1, 0.15) is 11.3 Å². The Balaban J connectivity index is 1.21. The van der Waals surface area contributed by atoms with Gasteiger partial charge in [-0.25, -0.2) is 4.98 Å². The molecular weight excluding hydrogens is 597 g/mol. The third-order valence-electron chi connectivity index (χ3n) is 7.30. The molecule has 0 aliphatic rings. The topological polar surface area (TPSA) is 170 Å². The van der Waals surface area contributed by atoms with Crippen LogP contribution in [-0.4, -0.2) is 82.2 Å². The molecule has 4 aromatic rings. The van der Waals surface area contributed by atoms with Crippen molar-refractivity contribution >= 4 is 35.6 Å². The molecule has 0 aliphatic heterocycles. The van der Waals surface area contributed by atoms with Gasteiger partial charge in [-0.2, -0.15) is 0 Å². The number of aryl methyl sites for hydroxylation is 4. The van der Waals surface area contributed by atoms with E-state index < -0.39 is 7.94 Å². The standard InChI is InChI=1S/C33H44N3O8P/c1-23-19-28(44-16-15-42-12-11-41-13-14-43-17-18-45(38,39)40)9-8-27(23)7-5-26-20-30-29-10-6-25(4-3-24(2)37)21-31(29)36-33(34)32(30)35-22-26/h6,8-10,19-22,37-40,45H,2-5,7,11-18H2,1H3,(H2,34,36). The molecule has 0 spiro atoms. The average molecular weight is 642 g/mol. The Labute approximate surface area is 263 Å². The van der Waals surface area contributed by atoms with E-state index in [1.54, 1.807) is 0 Å². The molecule has 0 aliphatic carbocycles. The number of hydrogen-bond donors (Lipinski definition) is 5. The Morgan fingerprint density at radius 1 is 0.822 bits per heavy atom. The SMILES string of the molecule is C=C(O)CCc1ccc2c(c1)nc(N)c1ncc(CCc3ccc(OCCOCCOCCOCC[PH](O)(O)O)cc3C)cc12. The summed E-state index contributed by atoms with van der Waals surface area (Å²) < 4.78 is 21.9. The molecule has 12 heteroatoms. The second-order valence-corrected chi connectivity index (χ2v) is 13.0. The molecular formula is C33H44N3O8P. The minimum Gasteiger partial charge on any atom is -0.0472 e. The number of allylic oxidation sites excluding steroid dienone is 1. The van der Waals surface area contributed by atoms with Crippen LogP contribution < -0.4 is 10.5 Å². The number of aliphatic hydroxyl groups is 1. The zero-order valence-corrected chi connectivity index (χ0v) is 26.7.